The molecular formula is C8H14N4. The van der Waals surface area contributed by atoms with Gasteiger partial charge in [0.2, 0.25) is 0 Å². The van der Waals surface area contributed by atoms with E-state index in [1.807, 2.05) is 20.2 Å². The van der Waals surface area contributed by atoms with Gasteiger partial charge in [-0.2, -0.15) is 10.4 Å². The highest BCUT2D eigenvalue weighted by atomic mass is 15.4. The minimum absolute atomic E-state index is 0.536. The predicted molar refractivity (Wildman–Crippen MR) is 49.6 cm³/mol. The van der Waals surface area contributed by atoms with Crippen molar-refractivity contribution in [2.24, 2.45) is 5.10 Å². The van der Waals surface area contributed by atoms with E-state index < -0.39 is 0 Å². The maximum Gasteiger partial charge on any atom is 0.102 e. The quantitative estimate of drug-likeness (QED) is 0.348. The fourth-order valence-corrected chi connectivity index (χ4v) is 0.547. The summed E-state index contributed by atoms with van der Waals surface area (Å²) in [5.74, 6) is 0. The Morgan fingerprint density at radius 2 is 1.92 bits per heavy atom. The Balaban J connectivity index is 4.30. The summed E-state index contributed by atoms with van der Waals surface area (Å²) < 4.78 is 0. The van der Waals surface area contributed by atoms with Gasteiger partial charge in [0.25, 0.3) is 0 Å². The van der Waals surface area contributed by atoms with E-state index in [4.69, 9.17) is 5.26 Å². The van der Waals surface area contributed by atoms with Crippen LogP contribution in [0.4, 0.5) is 0 Å². The second kappa shape index (κ2) is 5.19. The Labute approximate surface area is 73.4 Å². The molecule has 0 aromatic rings. The lowest BCUT2D eigenvalue weighted by atomic mass is 10.3. The molecule has 0 aromatic heterocycles. The van der Waals surface area contributed by atoms with Gasteiger partial charge >= 0.3 is 0 Å². The van der Waals surface area contributed by atoms with Gasteiger partial charge in [-0.15, -0.1) is 0 Å². The third-order valence-corrected chi connectivity index (χ3v) is 0.954. The first-order valence-electron chi connectivity index (χ1n) is 3.56. The largest absolute Gasteiger partial charge is 0.382 e. The van der Waals surface area contributed by atoms with Crippen LogP contribution >= 0.6 is 0 Å². The first-order valence-corrected chi connectivity index (χ1v) is 3.56. The fourth-order valence-electron chi connectivity index (χ4n) is 0.547. The molecule has 4 heteroatoms. The summed E-state index contributed by atoms with van der Waals surface area (Å²) >= 11 is 0. The summed E-state index contributed by atoms with van der Waals surface area (Å²) in [6.45, 7) is 0. The molecule has 0 saturated carbocycles. The van der Waals surface area contributed by atoms with Crippen LogP contribution in [0.1, 0.15) is 0 Å². The van der Waals surface area contributed by atoms with E-state index >= 15 is 0 Å². The summed E-state index contributed by atoms with van der Waals surface area (Å²) in [7, 11) is 7.34. The van der Waals surface area contributed by atoms with Gasteiger partial charge in [-0.3, -0.25) is 0 Å². The van der Waals surface area contributed by atoms with Gasteiger partial charge in [-0.25, -0.2) is 0 Å². The number of nitrogens with zero attached hydrogens (tertiary/aromatic N) is 4. The number of hydrazone groups is 1. The van der Waals surface area contributed by atoms with Gasteiger partial charge < -0.3 is 9.91 Å². The molecule has 4 nitrogen and oxygen atoms in total. The lowest BCUT2D eigenvalue weighted by molar-refractivity contribution is 0.440. The third kappa shape index (κ3) is 5.30. The molecule has 0 fully saturated rings. The molecule has 0 amide bonds. The lowest BCUT2D eigenvalue weighted by Gasteiger charge is -2.04. The molecule has 12 heavy (non-hydrogen) atoms. The molecule has 0 rings (SSSR count). The van der Waals surface area contributed by atoms with Crippen LogP contribution < -0.4 is 0 Å². The van der Waals surface area contributed by atoms with Gasteiger partial charge in [-0.05, 0) is 0 Å². The number of nitriles is 1. The van der Waals surface area contributed by atoms with Crippen molar-refractivity contribution in [3.63, 3.8) is 0 Å². The standard InChI is InChI=1S/C8H14N4/c1-11(2)7-8(5-9)6-10-12(3)4/h6-7H,1-4H3/b8-7+,10-6-. The molecule has 0 heterocycles. The molecule has 0 radical (unpaired) electrons. The van der Waals surface area contributed by atoms with E-state index in [-0.39, 0.29) is 0 Å². The van der Waals surface area contributed by atoms with Crippen LogP contribution in [0, 0.1) is 11.3 Å². The molecule has 0 unspecified atom stereocenters. The molecule has 0 N–H and O–H groups in total. The first-order chi connectivity index (χ1) is 5.56. The number of hydrogen-bond acceptors (Lipinski definition) is 4. The number of hydrogen-bond donors (Lipinski definition) is 0. The minimum atomic E-state index is 0.536. The van der Waals surface area contributed by atoms with Crippen molar-refractivity contribution in [3.8, 4) is 6.07 Å². The number of rotatable bonds is 3. The van der Waals surface area contributed by atoms with Crippen LogP contribution in [0.3, 0.4) is 0 Å². The molecule has 0 aromatic carbocycles. The van der Waals surface area contributed by atoms with Gasteiger partial charge in [0.15, 0.2) is 0 Å². The molecule has 0 spiro atoms. The average Bonchev–Trinajstić information content (AvgIpc) is 1.97. The third-order valence-electron chi connectivity index (χ3n) is 0.954. The van der Waals surface area contributed by atoms with E-state index in [2.05, 4.69) is 5.10 Å². The van der Waals surface area contributed by atoms with E-state index in [0.29, 0.717) is 5.57 Å². The Hall–Kier alpha value is -1.50. The van der Waals surface area contributed by atoms with Gasteiger partial charge in [0, 0.05) is 34.4 Å². The molecule has 0 saturated heterocycles. The monoisotopic (exact) mass is 166 g/mol. The fraction of sp³-hybridized carbons (Fsp3) is 0.500. The average molecular weight is 166 g/mol. The molecule has 0 aliphatic rings. The Bertz CT molecular complexity index is 220. The van der Waals surface area contributed by atoms with Crippen LogP contribution in [-0.4, -0.2) is 44.3 Å². The lowest BCUT2D eigenvalue weighted by Crippen LogP contribution is -2.05. The zero-order chi connectivity index (χ0) is 9.56. The van der Waals surface area contributed by atoms with Crippen molar-refractivity contribution in [1.29, 1.82) is 5.26 Å². The van der Waals surface area contributed by atoms with E-state index in [1.165, 1.54) is 6.21 Å². The predicted octanol–water partition coefficient (Wildman–Crippen LogP) is 0.503. The maximum atomic E-state index is 8.63. The van der Waals surface area contributed by atoms with Crippen LogP contribution in [0.25, 0.3) is 0 Å². The number of allylic oxidation sites excluding steroid dienone is 1. The van der Waals surface area contributed by atoms with Gasteiger partial charge in [0.1, 0.15) is 6.07 Å². The van der Waals surface area contributed by atoms with E-state index in [1.54, 1.807) is 30.2 Å². The smallest absolute Gasteiger partial charge is 0.102 e. The van der Waals surface area contributed by atoms with Crippen molar-refractivity contribution < 1.29 is 0 Å². The zero-order valence-electron chi connectivity index (χ0n) is 7.94. The van der Waals surface area contributed by atoms with Crippen molar-refractivity contribution in [1.82, 2.24) is 9.91 Å². The van der Waals surface area contributed by atoms with Crippen LogP contribution in [0.15, 0.2) is 16.9 Å². The SMILES string of the molecule is CN(C)/C=C(C#N)/C=N\N(C)C. The zero-order valence-corrected chi connectivity index (χ0v) is 7.94. The Morgan fingerprint density at radius 3 is 2.25 bits per heavy atom. The molecule has 0 atom stereocenters. The summed E-state index contributed by atoms with van der Waals surface area (Å²) in [6, 6.07) is 2.03. The summed E-state index contributed by atoms with van der Waals surface area (Å²) in [5.41, 5.74) is 0.536. The summed E-state index contributed by atoms with van der Waals surface area (Å²) in [5, 5.41) is 14.2. The van der Waals surface area contributed by atoms with Gasteiger partial charge in [-0.1, -0.05) is 0 Å². The second-order valence-corrected chi connectivity index (χ2v) is 2.75. The summed E-state index contributed by atoms with van der Waals surface area (Å²) in [6.07, 6.45) is 3.24. The van der Waals surface area contributed by atoms with Crippen LogP contribution in [0.5, 0.6) is 0 Å². The molecule has 66 valence electrons. The van der Waals surface area contributed by atoms with Crippen molar-refractivity contribution in [2.45, 2.75) is 0 Å². The van der Waals surface area contributed by atoms with Crippen molar-refractivity contribution >= 4 is 6.21 Å². The van der Waals surface area contributed by atoms with E-state index in [0.717, 1.165) is 0 Å². The molecular weight excluding hydrogens is 152 g/mol. The van der Waals surface area contributed by atoms with E-state index in [9.17, 15) is 0 Å². The van der Waals surface area contributed by atoms with Crippen molar-refractivity contribution in [2.75, 3.05) is 28.2 Å². The van der Waals surface area contributed by atoms with Crippen LogP contribution in [-0.2, 0) is 0 Å². The Morgan fingerprint density at radius 1 is 1.33 bits per heavy atom. The first kappa shape index (κ1) is 10.5. The highest BCUT2D eigenvalue weighted by Crippen LogP contribution is 1.90. The second-order valence-electron chi connectivity index (χ2n) is 2.75. The molecule has 0 aliphatic carbocycles. The van der Waals surface area contributed by atoms with Crippen LogP contribution in [0.2, 0.25) is 0 Å². The topological polar surface area (TPSA) is 42.6 Å². The van der Waals surface area contributed by atoms with Gasteiger partial charge in [0.05, 0.1) is 11.8 Å². The molecule has 0 bridgehead atoms. The highest BCUT2D eigenvalue weighted by Gasteiger charge is 1.90. The minimum Gasteiger partial charge on any atom is -0.382 e. The Kier molecular flexibility index (Phi) is 4.54. The maximum absolute atomic E-state index is 8.63. The normalized spacial score (nSPS) is 11.4. The molecule has 0 aliphatic heterocycles. The van der Waals surface area contributed by atoms with Crippen molar-refractivity contribution in [3.05, 3.63) is 11.8 Å². The summed E-state index contributed by atoms with van der Waals surface area (Å²) in [4.78, 5) is 1.81. The highest BCUT2D eigenvalue weighted by molar-refractivity contribution is 5.83.